The van der Waals surface area contributed by atoms with E-state index in [-0.39, 0.29) is 17.4 Å². The highest BCUT2D eigenvalue weighted by Gasteiger charge is 2.12. The molecule has 144 valence electrons. The lowest BCUT2D eigenvalue weighted by Crippen LogP contribution is -2.16. The van der Waals surface area contributed by atoms with Crippen molar-refractivity contribution in [2.75, 3.05) is 23.8 Å². The Labute approximate surface area is 162 Å². The number of carbonyl (C=O) groups excluding carboxylic acids is 1. The maximum atomic E-state index is 13.7. The molecular formula is C21H21FN4O2. The number of amides is 1. The smallest absolute Gasteiger partial charge is 0.274 e. The molecule has 3 rings (SSSR count). The predicted molar refractivity (Wildman–Crippen MR) is 106 cm³/mol. The number of nitrogens with one attached hydrogen (secondary N) is 2. The number of aromatic nitrogens is 2. The summed E-state index contributed by atoms with van der Waals surface area (Å²) in [7, 11) is 0. The Morgan fingerprint density at radius 3 is 2.71 bits per heavy atom. The number of hydrogen-bond donors (Lipinski definition) is 2. The van der Waals surface area contributed by atoms with Crippen LogP contribution in [0, 0.1) is 5.82 Å². The van der Waals surface area contributed by atoms with Crippen LogP contribution < -0.4 is 15.4 Å². The van der Waals surface area contributed by atoms with Gasteiger partial charge in [-0.25, -0.2) is 14.4 Å². The maximum Gasteiger partial charge on any atom is 0.274 e. The lowest BCUT2D eigenvalue weighted by Gasteiger charge is -2.11. The number of nitrogens with zero attached hydrogens (tertiary/aromatic N) is 2. The first-order valence-electron chi connectivity index (χ1n) is 9.00. The van der Waals surface area contributed by atoms with Gasteiger partial charge in [0.25, 0.3) is 5.91 Å². The van der Waals surface area contributed by atoms with Crippen molar-refractivity contribution >= 4 is 17.4 Å². The summed E-state index contributed by atoms with van der Waals surface area (Å²) in [6.07, 6.45) is 1.81. The molecule has 3 aromatic rings. The van der Waals surface area contributed by atoms with Crippen molar-refractivity contribution in [2.45, 2.75) is 13.3 Å². The zero-order chi connectivity index (χ0) is 19.8. The predicted octanol–water partition coefficient (Wildman–Crippen LogP) is 3.92. The summed E-state index contributed by atoms with van der Waals surface area (Å²) in [5.74, 6) is 0.483. The molecule has 6 nitrogen and oxygen atoms in total. The highest BCUT2D eigenvalue weighted by molar-refractivity contribution is 6.04. The fraction of sp³-hybridized carbons (Fsp3) is 0.190. The van der Waals surface area contributed by atoms with E-state index < -0.39 is 0 Å². The molecule has 1 heterocycles. The van der Waals surface area contributed by atoms with Gasteiger partial charge in [0.15, 0.2) is 0 Å². The molecule has 0 aliphatic rings. The average molecular weight is 380 g/mol. The van der Waals surface area contributed by atoms with Gasteiger partial charge in [-0.05, 0) is 37.1 Å². The number of anilines is 2. The van der Waals surface area contributed by atoms with Gasteiger partial charge in [-0.15, -0.1) is 0 Å². The van der Waals surface area contributed by atoms with Crippen molar-refractivity contribution in [2.24, 2.45) is 0 Å². The van der Waals surface area contributed by atoms with E-state index in [4.69, 9.17) is 4.74 Å². The summed E-state index contributed by atoms with van der Waals surface area (Å²) in [5, 5.41) is 5.89. The van der Waals surface area contributed by atoms with Crippen molar-refractivity contribution in [3.63, 3.8) is 0 Å². The zero-order valence-electron chi connectivity index (χ0n) is 15.5. The molecule has 0 fully saturated rings. The van der Waals surface area contributed by atoms with Crippen molar-refractivity contribution in [3.05, 3.63) is 78.0 Å². The van der Waals surface area contributed by atoms with E-state index in [9.17, 15) is 9.18 Å². The Hall–Kier alpha value is -3.48. The van der Waals surface area contributed by atoms with Gasteiger partial charge in [-0.1, -0.05) is 30.3 Å². The Balaban J connectivity index is 1.62. The minimum absolute atomic E-state index is 0.217. The summed E-state index contributed by atoms with van der Waals surface area (Å²) in [6, 6.07) is 15.4. The third-order valence-corrected chi connectivity index (χ3v) is 3.99. The number of halogens is 1. The summed E-state index contributed by atoms with van der Waals surface area (Å²) in [4.78, 5) is 20.7. The van der Waals surface area contributed by atoms with Crippen molar-refractivity contribution in [3.8, 4) is 5.75 Å². The van der Waals surface area contributed by atoms with E-state index in [1.165, 1.54) is 12.4 Å². The summed E-state index contributed by atoms with van der Waals surface area (Å²) in [5.41, 5.74) is 1.41. The molecule has 0 unspecified atom stereocenters. The number of ether oxygens (including phenoxy) is 1. The Morgan fingerprint density at radius 1 is 1.11 bits per heavy atom. The van der Waals surface area contributed by atoms with Crippen LogP contribution in [0.2, 0.25) is 0 Å². The number of rotatable bonds is 8. The number of carbonyl (C=O) groups is 1. The first-order chi connectivity index (χ1) is 13.7. The highest BCUT2D eigenvalue weighted by atomic mass is 19.1. The van der Waals surface area contributed by atoms with Crippen LogP contribution in [-0.2, 0) is 6.42 Å². The van der Waals surface area contributed by atoms with Crippen molar-refractivity contribution in [1.82, 2.24) is 9.97 Å². The second-order valence-electron chi connectivity index (χ2n) is 5.94. The van der Waals surface area contributed by atoms with Gasteiger partial charge >= 0.3 is 0 Å². The lowest BCUT2D eigenvalue weighted by atomic mass is 10.1. The molecule has 0 atom stereocenters. The van der Waals surface area contributed by atoms with E-state index in [0.717, 1.165) is 0 Å². The molecule has 1 aromatic heterocycles. The minimum atomic E-state index is -0.369. The van der Waals surface area contributed by atoms with Crippen LogP contribution in [0.4, 0.5) is 15.9 Å². The zero-order valence-corrected chi connectivity index (χ0v) is 15.5. The molecule has 0 spiro atoms. The van der Waals surface area contributed by atoms with Gasteiger partial charge in [0.2, 0.25) is 0 Å². The second-order valence-corrected chi connectivity index (χ2v) is 5.94. The minimum Gasteiger partial charge on any atom is -0.492 e. The molecule has 1 amide bonds. The second kappa shape index (κ2) is 9.45. The van der Waals surface area contributed by atoms with E-state index >= 15 is 0 Å². The Kier molecular flexibility index (Phi) is 6.51. The molecule has 2 N–H and O–H groups in total. The summed E-state index contributed by atoms with van der Waals surface area (Å²) >= 11 is 0. The number of para-hydroxylation sites is 2. The molecule has 0 radical (unpaired) electrons. The lowest BCUT2D eigenvalue weighted by molar-refractivity contribution is 0.102. The van der Waals surface area contributed by atoms with Gasteiger partial charge < -0.3 is 15.4 Å². The maximum absolute atomic E-state index is 13.7. The molecule has 0 aliphatic carbocycles. The highest BCUT2D eigenvalue weighted by Crippen LogP contribution is 2.24. The molecule has 7 heteroatoms. The van der Waals surface area contributed by atoms with E-state index in [1.54, 1.807) is 36.4 Å². The quantitative estimate of drug-likeness (QED) is 0.619. The molecular weight excluding hydrogens is 359 g/mol. The standard InChI is InChI=1S/C21H21FN4O2/c1-2-28-19-10-6-5-9-17(19)26-21(27)18-13-20(25-14-24-18)23-12-11-15-7-3-4-8-16(15)22/h3-10,13-14H,2,11-12H2,1H3,(H,26,27)(H,23,24,25). The molecule has 0 saturated carbocycles. The SMILES string of the molecule is CCOc1ccccc1NC(=O)c1cc(NCCc2ccccc2F)ncn1. The van der Waals surface area contributed by atoms with E-state index in [2.05, 4.69) is 20.6 Å². The van der Waals surface area contributed by atoms with Crippen molar-refractivity contribution < 1.29 is 13.9 Å². The van der Waals surface area contributed by atoms with Gasteiger partial charge in [0.05, 0.1) is 12.3 Å². The first-order valence-corrected chi connectivity index (χ1v) is 9.00. The van der Waals surface area contributed by atoms with Gasteiger partial charge in [-0.3, -0.25) is 4.79 Å². The van der Waals surface area contributed by atoms with Gasteiger partial charge in [-0.2, -0.15) is 0 Å². The fourth-order valence-corrected chi connectivity index (χ4v) is 2.64. The molecule has 0 bridgehead atoms. The van der Waals surface area contributed by atoms with Crippen LogP contribution in [0.15, 0.2) is 60.9 Å². The van der Waals surface area contributed by atoms with E-state index in [0.29, 0.717) is 42.4 Å². The summed E-state index contributed by atoms with van der Waals surface area (Å²) in [6.45, 7) is 2.85. The van der Waals surface area contributed by atoms with Crippen LogP contribution in [0.25, 0.3) is 0 Å². The third-order valence-electron chi connectivity index (χ3n) is 3.99. The van der Waals surface area contributed by atoms with Crippen LogP contribution in [-0.4, -0.2) is 29.0 Å². The third kappa shape index (κ3) is 5.03. The van der Waals surface area contributed by atoms with E-state index in [1.807, 2.05) is 19.1 Å². The van der Waals surface area contributed by atoms with Crippen molar-refractivity contribution in [1.29, 1.82) is 0 Å². The average Bonchev–Trinajstić information content (AvgIpc) is 2.71. The summed E-state index contributed by atoms with van der Waals surface area (Å²) < 4.78 is 19.2. The van der Waals surface area contributed by atoms with Crippen LogP contribution in [0.1, 0.15) is 23.0 Å². The molecule has 2 aromatic carbocycles. The monoisotopic (exact) mass is 380 g/mol. The first kappa shape index (κ1) is 19.3. The van der Waals surface area contributed by atoms with Crippen LogP contribution in [0.3, 0.4) is 0 Å². The molecule has 28 heavy (non-hydrogen) atoms. The van der Waals surface area contributed by atoms with Crippen LogP contribution in [0.5, 0.6) is 5.75 Å². The number of benzene rings is 2. The van der Waals surface area contributed by atoms with Gasteiger partial charge in [0, 0.05) is 12.6 Å². The molecule has 0 aliphatic heterocycles. The number of hydrogen-bond acceptors (Lipinski definition) is 5. The topological polar surface area (TPSA) is 76.1 Å². The Bertz CT molecular complexity index is 949. The largest absolute Gasteiger partial charge is 0.492 e. The van der Waals surface area contributed by atoms with Gasteiger partial charge in [0.1, 0.15) is 29.4 Å². The Morgan fingerprint density at radius 2 is 1.89 bits per heavy atom. The fourth-order valence-electron chi connectivity index (χ4n) is 2.64. The van der Waals surface area contributed by atoms with Crippen LogP contribution >= 0.6 is 0 Å². The normalized spacial score (nSPS) is 10.4. The molecule has 0 saturated heterocycles.